The van der Waals surface area contributed by atoms with Gasteiger partial charge in [-0.25, -0.2) is 14.4 Å². The highest BCUT2D eigenvalue weighted by atomic mass is 16.6. The molecule has 1 aliphatic rings. The minimum atomic E-state index is -1.18. The Labute approximate surface area is 297 Å². The summed E-state index contributed by atoms with van der Waals surface area (Å²) in [7, 11) is 1.21. The van der Waals surface area contributed by atoms with E-state index in [-0.39, 0.29) is 12.5 Å². The molecule has 0 heterocycles. The molecular formula is C41H41N3O7. The number of methoxy groups -OCH3 is 1. The molecule has 4 aromatic carbocycles. The normalized spacial score (nSPS) is 12.9. The first-order valence-corrected chi connectivity index (χ1v) is 16.6. The molecule has 0 fully saturated rings. The first-order valence-electron chi connectivity index (χ1n) is 16.6. The van der Waals surface area contributed by atoms with Gasteiger partial charge in [0.05, 0.1) is 13.2 Å². The van der Waals surface area contributed by atoms with Crippen LogP contribution >= 0.6 is 0 Å². The highest BCUT2D eigenvalue weighted by Gasteiger charge is 2.32. The Morgan fingerprint density at radius 2 is 1.29 bits per heavy atom. The van der Waals surface area contributed by atoms with Gasteiger partial charge in [0.25, 0.3) is 5.91 Å². The fourth-order valence-corrected chi connectivity index (χ4v) is 5.69. The monoisotopic (exact) mass is 687 g/mol. The lowest BCUT2D eigenvalue weighted by molar-refractivity contribution is -0.143. The third-order valence-electron chi connectivity index (χ3n) is 8.22. The lowest BCUT2D eigenvalue weighted by Crippen LogP contribution is -2.54. The highest BCUT2D eigenvalue weighted by Crippen LogP contribution is 2.44. The summed E-state index contributed by atoms with van der Waals surface area (Å²) < 4.78 is 15.8. The molecule has 0 radical (unpaired) electrons. The second kappa shape index (κ2) is 16.1. The Bertz CT molecular complexity index is 1910. The summed E-state index contributed by atoms with van der Waals surface area (Å²) in [6.45, 7) is 7.44. The SMILES string of the molecule is COC(=O)[C@@H](NC(=O)c1ccc(C#Cc2ccc(CNC(=O)OC(C)(C)C)cc2)cc1)[C@@H](C)NC(=O)OCC1c2ccccc2-c2ccccc21. The highest BCUT2D eigenvalue weighted by molar-refractivity contribution is 5.97. The topological polar surface area (TPSA) is 132 Å². The number of hydrogen-bond donors (Lipinski definition) is 3. The lowest BCUT2D eigenvalue weighted by Gasteiger charge is -2.24. The van der Waals surface area contributed by atoms with Gasteiger partial charge in [-0.3, -0.25) is 4.79 Å². The lowest BCUT2D eigenvalue weighted by atomic mass is 9.98. The van der Waals surface area contributed by atoms with Crippen LogP contribution in [0.2, 0.25) is 0 Å². The summed E-state index contributed by atoms with van der Waals surface area (Å²) in [5, 5.41) is 8.06. The number of carbonyl (C=O) groups excluding carboxylic acids is 4. The fourth-order valence-electron chi connectivity index (χ4n) is 5.69. The smallest absolute Gasteiger partial charge is 0.407 e. The first-order chi connectivity index (χ1) is 24.4. The number of esters is 1. The quantitative estimate of drug-likeness (QED) is 0.107. The fraction of sp³-hybridized carbons (Fsp3) is 0.268. The summed E-state index contributed by atoms with van der Waals surface area (Å²) in [4.78, 5) is 50.6. The molecule has 0 unspecified atom stereocenters. The van der Waals surface area contributed by atoms with Crippen molar-refractivity contribution in [3.05, 3.63) is 130 Å². The summed E-state index contributed by atoms with van der Waals surface area (Å²) in [5.41, 5.74) is 6.46. The standard InChI is InChI=1S/C41H41N3O7/c1-26(43-40(48)50-25-35-33-12-8-6-10-31(33)32-11-7-9-13-34(32)35)36(38(46)49-5)44-37(45)30-22-20-28(21-23-30)15-14-27-16-18-29(19-17-27)24-42-39(47)51-41(2,3)4/h6-13,16-23,26,35-36H,24-25H2,1-5H3,(H,42,47)(H,43,48)(H,44,45)/t26-,36+/m1/s1. The van der Waals surface area contributed by atoms with Crippen molar-refractivity contribution < 1.29 is 33.4 Å². The molecule has 3 N–H and O–H groups in total. The molecule has 0 aromatic heterocycles. The third kappa shape index (κ3) is 9.55. The number of amides is 3. The molecule has 0 saturated carbocycles. The third-order valence-corrected chi connectivity index (χ3v) is 8.22. The summed E-state index contributed by atoms with van der Waals surface area (Å²) in [6.07, 6.45) is -1.20. The van der Waals surface area contributed by atoms with Crippen molar-refractivity contribution in [3.8, 4) is 23.0 Å². The average molecular weight is 688 g/mol. The van der Waals surface area contributed by atoms with E-state index in [9.17, 15) is 19.2 Å². The molecule has 4 aromatic rings. The molecule has 0 aliphatic heterocycles. The number of nitrogens with one attached hydrogen (secondary N) is 3. The number of ether oxygens (including phenoxy) is 3. The summed E-state index contributed by atoms with van der Waals surface area (Å²) in [6, 6.07) is 28.1. The molecule has 5 rings (SSSR count). The van der Waals surface area contributed by atoms with E-state index in [4.69, 9.17) is 14.2 Å². The number of alkyl carbamates (subject to hydrolysis) is 2. The predicted molar refractivity (Wildman–Crippen MR) is 193 cm³/mol. The number of benzene rings is 4. The second-order valence-corrected chi connectivity index (χ2v) is 13.1. The van der Waals surface area contributed by atoms with E-state index in [0.717, 1.165) is 33.4 Å². The van der Waals surface area contributed by atoms with Crippen molar-refractivity contribution in [2.45, 2.75) is 57.8 Å². The molecule has 1 aliphatic carbocycles. The molecule has 10 heteroatoms. The molecule has 0 saturated heterocycles. The van der Waals surface area contributed by atoms with Gasteiger partial charge in [-0.1, -0.05) is 72.5 Å². The number of fused-ring (bicyclic) bond motifs is 3. The molecular weight excluding hydrogens is 646 g/mol. The van der Waals surface area contributed by atoms with Crippen molar-refractivity contribution in [2.75, 3.05) is 13.7 Å². The largest absolute Gasteiger partial charge is 0.467 e. The molecule has 0 spiro atoms. The maximum Gasteiger partial charge on any atom is 0.407 e. The van der Waals surface area contributed by atoms with Crippen LogP contribution in [0.25, 0.3) is 11.1 Å². The van der Waals surface area contributed by atoms with Crippen LogP contribution < -0.4 is 16.0 Å². The van der Waals surface area contributed by atoms with Crippen molar-refractivity contribution in [1.29, 1.82) is 0 Å². The van der Waals surface area contributed by atoms with Crippen LogP contribution in [0.1, 0.15) is 71.8 Å². The van der Waals surface area contributed by atoms with Gasteiger partial charge in [0, 0.05) is 29.2 Å². The number of rotatable bonds is 9. The van der Waals surface area contributed by atoms with Crippen molar-refractivity contribution in [2.24, 2.45) is 0 Å². The molecule has 262 valence electrons. The van der Waals surface area contributed by atoms with E-state index in [0.29, 0.717) is 17.7 Å². The summed E-state index contributed by atoms with van der Waals surface area (Å²) >= 11 is 0. The van der Waals surface area contributed by atoms with Gasteiger partial charge in [0.15, 0.2) is 0 Å². The van der Waals surface area contributed by atoms with E-state index in [1.807, 2.05) is 60.7 Å². The zero-order valence-electron chi connectivity index (χ0n) is 29.2. The zero-order chi connectivity index (χ0) is 36.5. The van der Waals surface area contributed by atoms with Crippen LogP contribution in [-0.4, -0.2) is 55.5 Å². The predicted octanol–water partition coefficient (Wildman–Crippen LogP) is 6.31. The van der Waals surface area contributed by atoms with Gasteiger partial charge in [-0.2, -0.15) is 0 Å². The van der Waals surface area contributed by atoms with E-state index in [2.05, 4.69) is 39.9 Å². The molecule has 3 amide bonds. The van der Waals surface area contributed by atoms with Gasteiger partial charge in [0.2, 0.25) is 0 Å². The van der Waals surface area contributed by atoms with Gasteiger partial charge in [-0.05, 0) is 91.9 Å². The minimum Gasteiger partial charge on any atom is -0.467 e. The van der Waals surface area contributed by atoms with Gasteiger partial charge in [0.1, 0.15) is 18.2 Å². The van der Waals surface area contributed by atoms with Crippen LogP contribution in [0.4, 0.5) is 9.59 Å². The van der Waals surface area contributed by atoms with Crippen LogP contribution in [0.3, 0.4) is 0 Å². The molecule has 51 heavy (non-hydrogen) atoms. The van der Waals surface area contributed by atoms with Gasteiger partial charge in [-0.15, -0.1) is 0 Å². The molecule has 2 atom stereocenters. The summed E-state index contributed by atoms with van der Waals surface area (Å²) in [5.74, 6) is 4.78. The average Bonchev–Trinajstić information content (AvgIpc) is 3.44. The Morgan fingerprint density at radius 3 is 1.84 bits per heavy atom. The van der Waals surface area contributed by atoms with Gasteiger partial charge < -0.3 is 30.2 Å². The minimum absolute atomic E-state index is 0.107. The Morgan fingerprint density at radius 1 is 0.745 bits per heavy atom. The zero-order valence-corrected chi connectivity index (χ0v) is 29.2. The van der Waals surface area contributed by atoms with Crippen molar-refractivity contribution in [1.82, 2.24) is 16.0 Å². The maximum atomic E-state index is 13.2. The van der Waals surface area contributed by atoms with E-state index in [1.54, 1.807) is 52.0 Å². The Kier molecular flexibility index (Phi) is 11.4. The number of hydrogen-bond acceptors (Lipinski definition) is 7. The molecule has 0 bridgehead atoms. The van der Waals surface area contributed by atoms with E-state index >= 15 is 0 Å². The Balaban J connectivity index is 1.14. The van der Waals surface area contributed by atoms with Gasteiger partial charge >= 0.3 is 18.2 Å². The molecule has 10 nitrogen and oxygen atoms in total. The second-order valence-electron chi connectivity index (χ2n) is 13.1. The Hall–Kier alpha value is -6.08. The van der Waals surface area contributed by atoms with Crippen molar-refractivity contribution in [3.63, 3.8) is 0 Å². The number of carbonyl (C=O) groups is 4. The van der Waals surface area contributed by atoms with E-state index < -0.39 is 41.7 Å². The van der Waals surface area contributed by atoms with Crippen LogP contribution in [0.15, 0.2) is 97.1 Å². The van der Waals surface area contributed by atoms with Crippen LogP contribution in [-0.2, 0) is 25.5 Å². The van der Waals surface area contributed by atoms with Crippen LogP contribution in [0, 0.1) is 11.8 Å². The maximum absolute atomic E-state index is 13.2. The van der Waals surface area contributed by atoms with Crippen LogP contribution in [0.5, 0.6) is 0 Å². The first kappa shape index (κ1) is 36.2. The van der Waals surface area contributed by atoms with Crippen molar-refractivity contribution >= 4 is 24.1 Å². The van der Waals surface area contributed by atoms with E-state index in [1.165, 1.54) is 7.11 Å².